The van der Waals surface area contributed by atoms with Crippen LogP contribution in [0.15, 0.2) is 59.0 Å². The van der Waals surface area contributed by atoms with Crippen LogP contribution in [-0.4, -0.2) is 20.9 Å². The first kappa shape index (κ1) is 22.1. The fourth-order valence-corrected chi connectivity index (χ4v) is 2.83. The molecule has 0 aliphatic rings. The molecule has 0 aliphatic carbocycles. The average molecular weight is 413 g/mol. The van der Waals surface area contributed by atoms with Gasteiger partial charge in [-0.05, 0) is 60.4 Å². The lowest BCUT2D eigenvalue weighted by molar-refractivity contribution is -0.112. The molecule has 0 heterocycles. The number of rotatable bonds is 8. The zero-order valence-electron chi connectivity index (χ0n) is 16.3. The summed E-state index contributed by atoms with van der Waals surface area (Å²) in [6.07, 6.45) is 2.42. The standard InChI is InChI=1S/C21H23N3O4S/c1-15(2)11-12-28-19-7-3-16(4-8-19)13-17(14-22)21(25)24-18-5-9-20(10-6-18)29(23,26)27/h3-10,13,15H,11-12H2,1-2H3,(H,24,25)(H2,23,26,27)/b17-13+. The molecule has 0 unspecified atom stereocenters. The molecule has 2 aromatic carbocycles. The summed E-state index contributed by atoms with van der Waals surface area (Å²) in [6, 6.07) is 14.3. The Balaban J connectivity index is 2.05. The molecule has 0 bridgehead atoms. The van der Waals surface area contributed by atoms with Gasteiger partial charge in [-0.1, -0.05) is 26.0 Å². The summed E-state index contributed by atoms with van der Waals surface area (Å²) < 4.78 is 28.2. The summed E-state index contributed by atoms with van der Waals surface area (Å²) in [6.45, 7) is 4.88. The SMILES string of the molecule is CC(C)CCOc1ccc(/C=C(\C#N)C(=O)Nc2ccc(S(N)(=O)=O)cc2)cc1. The van der Waals surface area contributed by atoms with Gasteiger partial charge < -0.3 is 10.1 Å². The number of benzene rings is 2. The Bertz CT molecular complexity index is 1020. The van der Waals surface area contributed by atoms with E-state index in [0.717, 1.165) is 12.2 Å². The number of hydrogen-bond acceptors (Lipinski definition) is 5. The fourth-order valence-electron chi connectivity index (χ4n) is 2.31. The summed E-state index contributed by atoms with van der Waals surface area (Å²) in [5.41, 5.74) is 0.934. The van der Waals surface area contributed by atoms with Gasteiger partial charge in [-0.2, -0.15) is 5.26 Å². The molecule has 0 aromatic heterocycles. The maximum Gasteiger partial charge on any atom is 0.266 e. The highest BCUT2D eigenvalue weighted by Crippen LogP contribution is 2.17. The van der Waals surface area contributed by atoms with Crippen molar-refractivity contribution in [3.05, 3.63) is 59.7 Å². The van der Waals surface area contributed by atoms with Crippen LogP contribution in [0.3, 0.4) is 0 Å². The van der Waals surface area contributed by atoms with E-state index >= 15 is 0 Å². The topological polar surface area (TPSA) is 122 Å². The largest absolute Gasteiger partial charge is 0.494 e. The molecule has 3 N–H and O–H groups in total. The molecule has 2 rings (SSSR count). The Labute approximate surface area is 170 Å². The van der Waals surface area contributed by atoms with Gasteiger partial charge >= 0.3 is 0 Å². The normalized spacial score (nSPS) is 11.8. The lowest BCUT2D eigenvalue weighted by Gasteiger charge is -2.08. The molecule has 152 valence electrons. The Morgan fingerprint density at radius 1 is 1.17 bits per heavy atom. The number of carbonyl (C=O) groups is 1. The molecule has 0 atom stereocenters. The van der Waals surface area contributed by atoms with E-state index in [1.54, 1.807) is 24.3 Å². The number of nitrogens with zero attached hydrogens (tertiary/aromatic N) is 1. The first-order valence-corrected chi connectivity index (χ1v) is 10.5. The molecule has 29 heavy (non-hydrogen) atoms. The number of nitrogens with one attached hydrogen (secondary N) is 1. The van der Waals surface area contributed by atoms with Gasteiger partial charge in [0.05, 0.1) is 11.5 Å². The number of nitriles is 1. The van der Waals surface area contributed by atoms with Gasteiger partial charge in [-0.25, -0.2) is 13.6 Å². The minimum absolute atomic E-state index is 0.0674. The van der Waals surface area contributed by atoms with Crippen molar-refractivity contribution in [1.29, 1.82) is 5.26 Å². The predicted octanol–water partition coefficient (Wildman–Crippen LogP) is 3.30. The van der Waals surface area contributed by atoms with Gasteiger partial charge in [0.25, 0.3) is 5.91 Å². The van der Waals surface area contributed by atoms with Crippen LogP contribution in [0.4, 0.5) is 5.69 Å². The van der Waals surface area contributed by atoms with E-state index in [1.165, 1.54) is 30.3 Å². The first-order chi connectivity index (χ1) is 13.7. The summed E-state index contributed by atoms with van der Waals surface area (Å²) in [4.78, 5) is 12.3. The van der Waals surface area contributed by atoms with Crippen molar-refractivity contribution >= 4 is 27.7 Å². The maximum atomic E-state index is 12.3. The number of hydrogen-bond donors (Lipinski definition) is 2. The van der Waals surface area contributed by atoms with E-state index in [9.17, 15) is 18.5 Å². The number of ether oxygens (including phenoxy) is 1. The van der Waals surface area contributed by atoms with Gasteiger partial charge in [-0.3, -0.25) is 4.79 Å². The zero-order valence-corrected chi connectivity index (χ0v) is 17.1. The van der Waals surface area contributed by atoms with Gasteiger partial charge in [0.15, 0.2) is 0 Å². The third kappa shape index (κ3) is 7.07. The summed E-state index contributed by atoms with van der Waals surface area (Å²) in [5.74, 6) is 0.679. The quantitative estimate of drug-likeness (QED) is 0.508. The number of primary sulfonamides is 1. The minimum atomic E-state index is -3.81. The number of sulfonamides is 1. The van der Waals surface area contributed by atoms with Gasteiger partial charge in [0.1, 0.15) is 17.4 Å². The van der Waals surface area contributed by atoms with E-state index in [0.29, 0.717) is 23.8 Å². The van der Waals surface area contributed by atoms with Crippen LogP contribution in [0.2, 0.25) is 0 Å². The van der Waals surface area contributed by atoms with Crippen molar-refractivity contribution < 1.29 is 17.9 Å². The van der Waals surface area contributed by atoms with Crippen molar-refractivity contribution in [2.45, 2.75) is 25.2 Å². The summed E-state index contributed by atoms with van der Waals surface area (Å²) in [5, 5.41) is 16.9. The summed E-state index contributed by atoms with van der Waals surface area (Å²) >= 11 is 0. The molecule has 0 saturated carbocycles. The molecule has 2 aromatic rings. The van der Waals surface area contributed by atoms with Crippen LogP contribution in [0.25, 0.3) is 6.08 Å². The smallest absolute Gasteiger partial charge is 0.266 e. The van der Waals surface area contributed by atoms with Gasteiger partial charge in [0.2, 0.25) is 10.0 Å². The van der Waals surface area contributed by atoms with Crippen LogP contribution < -0.4 is 15.2 Å². The van der Waals surface area contributed by atoms with E-state index < -0.39 is 15.9 Å². The van der Waals surface area contributed by atoms with Crippen molar-refractivity contribution in [2.24, 2.45) is 11.1 Å². The van der Waals surface area contributed by atoms with E-state index in [1.807, 2.05) is 6.07 Å². The van der Waals surface area contributed by atoms with E-state index in [2.05, 4.69) is 19.2 Å². The lowest BCUT2D eigenvalue weighted by atomic mass is 10.1. The molecule has 0 radical (unpaired) electrons. The number of amides is 1. The first-order valence-electron chi connectivity index (χ1n) is 8.98. The van der Waals surface area contributed by atoms with E-state index in [4.69, 9.17) is 9.88 Å². The fraction of sp³-hybridized carbons (Fsp3) is 0.238. The molecule has 0 aliphatic heterocycles. The summed E-state index contributed by atoms with van der Waals surface area (Å²) in [7, 11) is -3.81. The Hall–Kier alpha value is -3.15. The molecule has 8 heteroatoms. The Morgan fingerprint density at radius 2 is 1.79 bits per heavy atom. The van der Waals surface area contributed by atoms with E-state index in [-0.39, 0.29) is 10.5 Å². The number of nitrogens with two attached hydrogens (primary N) is 1. The lowest BCUT2D eigenvalue weighted by Crippen LogP contribution is -2.14. The Kier molecular flexibility index (Phi) is 7.53. The highest BCUT2D eigenvalue weighted by Gasteiger charge is 2.11. The van der Waals surface area contributed by atoms with Crippen molar-refractivity contribution in [2.75, 3.05) is 11.9 Å². The third-order valence-electron chi connectivity index (χ3n) is 3.96. The average Bonchev–Trinajstić information content (AvgIpc) is 2.66. The molecular weight excluding hydrogens is 390 g/mol. The van der Waals surface area contributed by atoms with Gasteiger partial charge in [-0.15, -0.1) is 0 Å². The van der Waals surface area contributed by atoms with Crippen LogP contribution in [-0.2, 0) is 14.8 Å². The predicted molar refractivity (Wildman–Crippen MR) is 111 cm³/mol. The second-order valence-electron chi connectivity index (χ2n) is 6.79. The number of anilines is 1. The van der Waals surface area contributed by atoms with Crippen molar-refractivity contribution in [3.63, 3.8) is 0 Å². The van der Waals surface area contributed by atoms with Crippen molar-refractivity contribution in [3.8, 4) is 11.8 Å². The monoisotopic (exact) mass is 413 g/mol. The highest BCUT2D eigenvalue weighted by molar-refractivity contribution is 7.89. The van der Waals surface area contributed by atoms with Crippen LogP contribution in [0.5, 0.6) is 5.75 Å². The molecule has 0 fully saturated rings. The van der Waals surface area contributed by atoms with Crippen LogP contribution in [0, 0.1) is 17.2 Å². The molecule has 0 saturated heterocycles. The molecule has 1 amide bonds. The Morgan fingerprint density at radius 3 is 2.31 bits per heavy atom. The van der Waals surface area contributed by atoms with Crippen LogP contribution in [0.1, 0.15) is 25.8 Å². The molecule has 7 nitrogen and oxygen atoms in total. The van der Waals surface area contributed by atoms with Gasteiger partial charge in [0, 0.05) is 5.69 Å². The zero-order chi connectivity index (χ0) is 21.4. The molecular formula is C21H23N3O4S. The minimum Gasteiger partial charge on any atom is -0.494 e. The van der Waals surface area contributed by atoms with Crippen LogP contribution >= 0.6 is 0 Å². The van der Waals surface area contributed by atoms with Crippen molar-refractivity contribution in [1.82, 2.24) is 0 Å². The maximum absolute atomic E-state index is 12.3. The highest BCUT2D eigenvalue weighted by atomic mass is 32.2. The molecule has 0 spiro atoms. The third-order valence-corrected chi connectivity index (χ3v) is 4.89. The second kappa shape index (κ2) is 9.87. The second-order valence-corrected chi connectivity index (χ2v) is 8.35. The number of carbonyl (C=O) groups excluding carboxylic acids is 1.